The van der Waals surface area contributed by atoms with Crippen LogP contribution in [0.2, 0.25) is 0 Å². The number of pyridine rings is 2. The number of nitrogens with two attached hydrogens (primary N) is 1. The zero-order valence-corrected chi connectivity index (χ0v) is 17.8. The molecule has 1 saturated carbocycles. The topological polar surface area (TPSA) is 100 Å². The van der Waals surface area contributed by atoms with Crippen LogP contribution in [-0.4, -0.2) is 34.5 Å². The number of halogens is 1. The van der Waals surface area contributed by atoms with Crippen LogP contribution in [0.1, 0.15) is 24.4 Å². The van der Waals surface area contributed by atoms with Crippen molar-refractivity contribution in [2.75, 3.05) is 5.73 Å². The first-order chi connectivity index (χ1) is 15.7. The van der Waals surface area contributed by atoms with Crippen molar-refractivity contribution in [2.24, 2.45) is 0 Å². The minimum atomic E-state index is 0.411. The maximum atomic E-state index is 6.20. The predicted molar refractivity (Wildman–Crippen MR) is 123 cm³/mol. The fraction of sp³-hybridized carbons (Fsp3) is 0.174. The van der Waals surface area contributed by atoms with Gasteiger partial charge in [0.05, 0.1) is 23.5 Å². The molecule has 0 radical (unpaired) electrons. The molecule has 0 bridgehead atoms. The van der Waals surface area contributed by atoms with E-state index in [0.717, 1.165) is 46.6 Å². The monoisotopic (exact) mass is 442 g/mol. The highest BCUT2D eigenvalue weighted by Crippen LogP contribution is 2.34. The van der Waals surface area contributed by atoms with Crippen LogP contribution in [0, 0.1) is 0 Å². The van der Waals surface area contributed by atoms with Crippen LogP contribution in [0.4, 0.5) is 5.82 Å². The average molecular weight is 443 g/mol. The van der Waals surface area contributed by atoms with Gasteiger partial charge in [-0.2, -0.15) is 15.0 Å². The lowest BCUT2D eigenvalue weighted by Crippen LogP contribution is -2.02. The van der Waals surface area contributed by atoms with Crippen molar-refractivity contribution in [2.45, 2.75) is 24.8 Å². The highest BCUT2D eigenvalue weighted by molar-refractivity contribution is 6.17. The van der Waals surface area contributed by atoms with E-state index in [2.05, 4.69) is 15.2 Å². The van der Waals surface area contributed by atoms with Crippen molar-refractivity contribution in [3.8, 4) is 28.5 Å². The Morgan fingerprint density at radius 3 is 2.59 bits per heavy atom. The number of alkyl halides is 1. The molecule has 32 heavy (non-hydrogen) atoms. The molecule has 2 N–H and O–H groups in total. The molecule has 0 spiro atoms. The van der Waals surface area contributed by atoms with Crippen molar-refractivity contribution < 1.29 is 0 Å². The van der Waals surface area contributed by atoms with Gasteiger partial charge in [0.25, 0.3) is 0 Å². The van der Waals surface area contributed by atoms with E-state index in [4.69, 9.17) is 27.3 Å². The summed E-state index contributed by atoms with van der Waals surface area (Å²) in [7, 11) is 0. The molecule has 0 saturated heterocycles. The number of imidazole rings is 1. The van der Waals surface area contributed by atoms with Gasteiger partial charge >= 0.3 is 0 Å². The standard InChI is InChI=1S/C23H19ClN8/c24-12-14-3-5-15(6-4-14)31-22(17-2-1-11-26-21(17)25)29-19-10-9-18(28-23(19)31)20-13-27-32(30-20)16-7-8-16/h1-6,9-11,13,16H,7-8,12H2,(H2,25,26). The second kappa shape index (κ2) is 7.42. The van der Waals surface area contributed by atoms with Gasteiger partial charge in [-0.1, -0.05) is 12.1 Å². The second-order valence-corrected chi connectivity index (χ2v) is 8.09. The summed E-state index contributed by atoms with van der Waals surface area (Å²) in [6, 6.07) is 16.1. The summed E-state index contributed by atoms with van der Waals surface area (Å²) >= 11 is 5.99. The zero-order valence-electron chi connectivity index (χ0n) is 17.1. The van der Waals surface area contributed by atoms with E-state index in [9.17, 15) is 0 Å². The lowest BCUT2D eigenvalue weighted by molar-refractivity contribution is 0.554. The Morgan fingerprint density at radius 2 is 1.84 bits per heavy atom. The van der Waals surface area contributed by atoms with Crippen LogP contribution in [0.3, 0.4) is 0 Å². The van der Waals surface area contributed by atoms with E-state index in [0.29, 0.717) is 29.2 Å². The molecule has 158 valence electrons. The summed E-state index contributed by atoms with van der Waals surface area (Å²) in [5.74, 6) is 1.54. The van der Waals surface area contributed by atoms with Crippen LogP contribution < -0.4 is 5.73 Å². The Hall–Kier alpha value is -3.78. The SMILES string of the molecule is Nc1ncccc1-c1nc2ccc(-c3cnn(C4CC4)n3)nc2n1-c1ccc(CCl)cc1. The van der Waals surface area contributed by atoms with E-state index >= 15 is 0 Å². The number of nitrogens with zero attached hydrogens (tertiary/aromatic N) is 7. The summed E-state index contributed by atoms with van der Waals surface area (Å²) < 4.78 is 2.00. The molecule has 1 aromatic carbocycles. The summed E-state index contributed by atoms with van der Waals surface area (Å²) in [4.78, 5) is 15.8. The van der Waals surface area contributed by atoms with Crippen molar-refractivity contribution >= 4 is 28.6 Å². The fourth-order valence-electron chi connectivity index (χ4n) is 3.74. The van der Waals surface area contributed by atoms with Gasteiger partial charge in [-0.15, -0.1) is 11.6 Å². The number of hydrogen-bond acceptors (Lipinski definition) is 6. The molecule has 8 nitrogen and oxygen atoms in total. The number of rotatable bonds is 5. The number of nitrogen functional groups attached to an aromatic ring is 1. The summed E-state index contributed by atoms with van der Waals surface area (Å²) in [6.07, 6.45) is 5.69. The smallest absolute Gasteiger partial charge is 0.165 e. The molecule has 0 unspecified atom stereocenters. The van der Waals surface area contributed by atoms with Crippen molar-refractivity contribution in [1.29, 1.82) is 0 Å². The van der Waals surface area contributed by atoms with E-state index in [1.54, 1.807) is 17.2 Å². The molecule has 4 aromatic heterocycles. The zero-order chi connectivity index (χ0) is 21.7. The van der Waals surface area contributed by atoms with Gasteiger partial charge in [0.2, 0.25) is 0 Å². The predicted octanol–water partition coefficient (Wildman–Crippen LogP) is 4.40. The molecule has 0 amide bonds. The third-order valence-electron chi connectivity index (χ3n) is 5.58. The van der Waals surface area contributed by atoms with Crippen molar-refractivity contribution in [3.63, 3.8) is 0 Å². The first-order valence-electron chi connectivity index (χ1n) is 10.4. The molecule has 1 aliphatic rings. The first-order valence-corrected chi connectivity index (χ1v) is 10.9. The Morgan fingerprint density at radius 1 is 1.00 bits per heavy atom. The molecule has 0 aliphatic heterocycles. The summed E-state index contributed by atoms with van der Waals surface area (Å²) in [5, 5.41) is 9.03. The number of fused-ring (bicyclic) bond motifs is 1. The van der Waals surface area contributed by atoms with Gasteiger partial charge in [0.1, 0.15) is 17.0 Å². The highest BCUT2D eigenvalue weighted by atomic mass is 35.5. The van der Waals surface area contributed by atoms with Crippen molar-refractivity contribution in [3.05, 3.63) is 66.5 Å². The van der Waals surface area contributed by atoms with Crippen LogP contribution in [0.15, 0.2) is 60.9 Å². The number of benzene rings is 1. The average Bonchev–Trinajstić information content (AvgIpc) is 3.44. The Bertz CT molecular complexity index is 1430. The molecule has 4 heterocycles. The number of hydrogen-bond donors (Lipinski definition) is 1. The quantitative estimate of drug-likeness (QED) is 0.405. The number of aromatic nitrogens is 7. The molecule has 1 aliphatic carbocycles. The van der Waals surface area contributed by atoms with Crippen molar-refractivity contribution in [1.82, 2.24) is 34.5 Å². The van der Waals surface area contributed by atoms with Crippen LogP contribution >= 0.6 is 11.6 Å². The highest BCUT2D eigenvalue weighted by Gasteiger charge is 2.26. The normalized spacial score (nSPS) is 13.7. The van der Waals surface area contributed by atoms with Gasteiger partial charge in [0.15, 0.2) is 11.5 Å². The van der Waals surface area contributed by atoms with Gasteiger partial charge in [-0.3, -0.25) is 4.57 Å². The Balaban J connectivity index is 1.56. The molecular formula is C23H19ClN8. The largest absolute Gasteiger partial charge is 0.383 e. The lowest BCUT2D eigenvalue weighted by Gasteiger charge is -2.11. The minimum absolute atomic E-state index is 0.411. The van der Waals surface area contributed by atoms with E-state index in [-0.39, 0.29) is 0 Å². The maximum absolute atomic E-state index is 6.20. The summed E-state index contributed by atoms with van der Waals surface area (Å²) in [5.41, 5.74) is 11.8. The molecule has 6 rings (SSSR count). The molecule has 9 heteroatoms. The van der Waals surface area contributed by atoms with Gasteiger partial charge < -0.3 is 5.73 Å². The minimum Gasteiger partial charge on any atom is -0.383 e. The maximum Gasteiger partial charge on any atom is 0.165 e. The Kier molecular flexibility index (Phi) is 4.39. The first kappa shape index (κ1) is 18.9. The Labute approximate surface area is 188 Å². The summed E-state index contributed by atoms with van der Waals surface area (Å²) in [6.45, 7) is 0. The number of anilines is 1. The second-order valence-electron chi connectivity index (χ2n) is 7.83. The van der Waals surface area contributed by atoms with Gasteiger partial charge in [-0.25, -0.2) is 15.0 Å². The van der Waals surface area contributed by atoms with Crippen LogP contribution in [0.25, 0.3) is 39.6 Å². The van der Waals surface area contributed by atoms with Gasteiger partial charge in [0, 0.05) is 17.8 Å². The third-order valence-corrected chi connectivity index (χ3v) is 5.89. The lowest BCUT2D eigenvalue weighted by atomic mass is 10.2. The van der Waals surface area contributed by atoms with Gasteiger partial charge in [-0.05, 0) is 54.8 Å². The van der Waals surface area contributed by atoms with Crippen LogP contribution in [0.5, 0.6) is 0 Å². The molecular weight excluding hydrogens is 424 g/mol. The third kappa shape index (κ3) is 3.20. The van der Waals surface area contributed by atoms with E-state index < -0.39 is 0 Å². The fourth-order valence-corrected chi connectivity index (χ4v) is 3.92. The van der Waals surface area contributed by atoms with Crippen LogP contribution in [-0.2, 0) is 5.88 Å². The molecule has 0 atom stereocenters. The molecule has 5 aromatic rings. The van der Waals surface area contributed by atoms with E-state index in [1.807, 2.05) is 53.1 Å². The molecule has 1 fully saturated rings. The van der Waals surface area contributed by atoms with E-state index in [1.165, 1.54) is 0 Å².